The molecule has 1 heterocycles. The van der Waals surface area contributed by atoms with Gasteiger partial charge >= 0.3 is 5.97 Å². The van der Waals surface area contributed by atoms with Crippen LogP contribution in [0.5, 0.6) is 0 Å². The molecule has 130 valence electrons. The third-order valence-corrected chi connectivity index (χ3v) is 4.17. The van der Waals surface area contributed by atoms with Gasteiger partial charge in [-0.2, -0.15) is 0 Å². The summed E-state index contributed by atoms with van der Waals surface area (Å²) in [4.78, 5) is 11.0. The first-order valence-corrected chi connectivity index (χ1v) is 6.96. The van der Waals surface area contributed by atoms with Crippen molar-refractivity contribution in [1.29, 1.82) is 0 Å². The van der Waals surface area contributed by atoms with Gasteiger partial charge in [0.2, 0.25) is 0 Å². The van der Waals surface area contributed by atoms with Gasteiger partial charge in [-0.3, -0.25) is 0 Å². The SMILES string of the molecule is COC1C=C(C(=O)O)C=CC1(O)C1O[C@H](CO)[C@@H](O)[C@H](O)[C@H]1O. The molecule has 6 N–H and O–H groups in total. The molecule has 7 atom stereocenters. The van der Waals surface area contributed by atoms with Crippen LogP contribution in [-0.2, 0) is 14.3 Å². The molecular formula is C14H20O9. The van der Waals surface area contributed by atoms with Crippen LogP contribution < -0.4 is 0 Å². The average molecular weight is 332 g/mol. The van der Waals surface area contributed by atoms with Crippen molar-refractivity contribution in [1.82, 2.24) is 0 Å². The van der Waals surface area contributed by atoms with E-state index in [4.69, 9.17) is 14.6 Å². The predicted octanol–water partition coefficient (Wildman–Crippen LogP) is -2.84. The van der Waals surface area contributed by atoms with E-state index in [0.717, 1.165) is 18.2 Å². The Morgan fingerprint density at radius 1 is 1.30 bits per heavy atom. The van der Waals surface area contributed by atoms with Crippen molar-refractivity contribution in [2.24, 2.45) is 0 Å². The lowest BCUT2D eigenvalue weighted by atomic mass is 9.78. The first-order valence-electron chi connectivity index (χ1n) is 6.96. The average Bonchev–Trinajstić information content (AvgIpc) is 2.53. The summed E-state index contributed by atoms with van der Waals surface area (Å²) < 4.78 is 10.4. The van der Waals surface area contributed by atoms with Crippen molar-refractivity contribution in [3.8, 4) is 0 Å². The van der Waals surface area contributed by atoms with Gasteiger partial charge in [0.1, 0.15) is 42.2 Å². The molecule has 1 saturated heterocycles. The van der Waals surface area contributed by atoms with Crippen LogP contribution in [0.25, 0.3) is 0 Å². The molecule has 0 aromatic rings. The van der Waals surface area contributed by atoms with Crippen molar-refractivity contribution < 1.29 is 44.9 Å². The van der Waals surface area contributed by atoms with E-state index in [0.29, 0.717) is 0 Å². The molecule has 1 fully saturated rings. The highest BCUT2D eigenvalue weighted by Crippen LogP contribution is 2.35. The summed E-state index contributed by atoms with van der Waals surface area (Å²) in [5.74, 6) is -1.22. The summed E-state index contributed by atoms with van der Waals surface area (Å²) in [6.45, 7) is -0.644. The summed E-state index contributed by atoms with van der Waals surface area (Å²) in [5, 5.41) is 58.8. The van der Waals surface area contributed by atoms with Crippen LogP contribution in [0.15, 0.2) is 23.8 Å². The third-order valence-electron chi connectivity index (χ3n) is 4.17. The molecule has 0 saturated carbocycles. The Morgan fingerprint density at radius 2 is 1.96 bits per heavy atom. The molecule has 0 amide bonds. The van der Waals surface area contributed by atoms with E-state index in [-0.39, 0.29) is 5.57 Å². The van der Waals surface area contributed by atoms with E-state index in [2.05, 4.69) is 0 Å². The number of carboxylic acids is 1. The number of carbonyl (C=O) groups is 1. The molecule has 0 spiro atoms. The lowest BCUT2D eigenvalue weighted by molar-refractivity contribution is -0.272. The summed E-state index contributed by atoms with van der Waals surface area (Å²) in [7, 11) is 1.23. The summed E-state index contributed by atoms with van der Waals surface area (Å²) in [6, 6.07) is 0. The van der Waals surface area contributed by atoms with Gasteiger partial charge in [0, 0.05) is 7.11 Å². The van der Waals surface area contributed by atoms with Crippen molar-refractivity contribution in [3.63, 3.8) is 0 Å². The number of methoxy groups -OCH3 is 1. The Hall–Kier alpha value is -1.33. The minimum absolute atomic E-state index is 0.119. The molecule has 1 aliphatic carbocycles. The fourth-order valence-electron chi connectivity index (χ4n) is 2.81. The van der Waals surface area contributed by atoms with Crippen LogP contribution in [0.3, 0.4) is 0 Å². The smallest absolute Gasteiger partial charge is 0.335 e. The van der Waals surface area contributed by atoms with Gasteiger partial charge in [0.05, 0.1) is 12.2 Å². The van der Waals surface area contributed by atoms with Gasteiger partial charge < -0.3 is 40.1 Å². The quantitative estimate of drug-likeness (QED) is 0.319. The zero-order chi connectivity index (χ0) is 17.4. The predicted molar refractivity (Wildman–Crippen MR) is 74.4 cm³/mol. The minimum atomic E-state index is -2.00. The van der Waals surface area contributed by atoms with Crippen LogP contribution in [-0.4, -0.2) is 92.5 Å². The second-order valence-corrected chi connectivity index (χ2v) is 5.55. The number of hydrogen-bond acceptors (Lipinski definition) is 8. The molecule has 0 aromatic heterocycles. The molecule has 2 aliphatic rings. The number of aliphatic hydroxyl groups is 5. The van der Waals surface area contributed by atoms with E-state index >= 15 is 0 Å². The summed E-state index contributed by atoms with van der Waals surface area (Å²) in [6.07, 6.45) is -5.37. The molecule has 23 heavy (non-hydrogen) atoms. The number of aliphatic carboxylic acids is 1. The number of hydrogen-bond donors (Lipinski definition) is 6. The van der Waals surface area contributed by atoms with Crippen LogP contribution in [0.4, 0.5) is 0 Å². The fraction of sp³-hybridized carbons (Fsp3) is 0.643. The minimum Gasteiger partial charge on any atom is -0.478 e. The molecule has 3 unspecified atom stereocenters. The maximum Gasteiger partial charge on any atom is 0.335 e. The molecule has 2 rings (SSSR count). The van der Waals surface area contributed by atoms with Gasteiger partial charge in [-0.1, -0.05) is 0 Å². The molecule has 9 nitrogen and oxygen atoms in total. The lowest BCUT2D eigenvalue weighted by Crippen LogP contribution is -2.67. The highest BCUT2D eigenvalue weighted by molar-refractivity contribution is 5.90. The van der Waals surface area contributed by atoms with Crippen LogP contribution in [0.2, 0.25) is 0 Å². The maximum atomic E-state index is 11.0. The second kappa shape index (κ2) is 6.65. The molecule has 0 aromatic carbocycles. The second-order valence-electron chi connectivity index (χ2n) is 5.55. The van der Waals surface area contributed by atoms with E-state index in [1.54, 1.807) is 0 Å². The van der Waals surface area contributed by atoms with Crippen LogP contribution >= 0.6 is 0 Å². The summed E-state index contributed by atoms with van der Waals surface area (Å²) in [5.41, 5.74) is -2.12. The first kappa shape index (κ1) is 18.0. The summed E-state index contributed by atoms with van der Waals surface area (Å²) >= 11 is 0. The lowest BCUT2D eigenvalue weighted by Gasteiger charge is -2.48. The molecule has 1 aliphatic heterocycles. The highest BCUT2D eigenvalue weighted by Gasteiger charge is 2.55. The molecule has 0 radical (unpaired) electrons. The number of rotatable bonds is 4. The van der Waals surface area contributed by atoms with Gasteiger partial charge in [0.15, 0.2) is 0 Å². The number of carboxylic acid groups (broad SMARTS) is 1. The van der Waals surface area contributed by atoms with E-state index < -0.39 is 54.8 Å². The zero-order valence-electron chi connectivity index (χ0n) is 12.3. The standard InChI is InChI=1S/C14H20O9/c1-22-8-4-6(13(19)20)2-3-14(8,21)12-11(18)10(17)9(16)7(5-15)23-12/h2-4,7-12,15-18,21H,5H2,1H3,(H,19,20)/t7-,8?,9-,10+,11-,12?,14?/m1/s1. The maximum absolute atomic E-state index is 11.0. The van der Waals surface area contributed by atoms with Crippen molar-refractivity contribution in [3.05, 3.63) is 23.8 Å². The Morgan fingerprint density at radius 3 is 2.48 bits per heavy atom. The highest BCUT2D eigenvalue weighted by atomic mass is 16.6. The van der Waals surface area contributed by atoms with E-state index in [1.165, 1.54) is 7.11 Å². The van der Waals surface area contributed by atoms with Gasteiger partial charge in [-0.05, 0) is 18.2 Å². The largest absolute Gasteiger partial charge is 0.478 e. The Bertz CT molecular complexity index is 514. The fourth-order valence-corrected chi connectivity index (χ4v) is 2.81. The first-order chi connectivity index (χ1) is 10.8. The topological polar surface area (TPSA) is 157 Å². The van der Waals surface area contributed by atoms with E-state index in [1.807, 2.05) is 0 Å². The van der Waals surface area contributed by atoms with Crippen molar-refractivity contribution in [2.75, 3.05) is 13.7 Å². The van der Waals surface area contributed by atoms with Crippen LogP contribution in [0.1, 0.15) is 0 Å². The molecule has 9 heteroatoms. The third kappa shape index (κ3) is 3.04. The molecular weight excluding hydrogens is 312 g/mol. The monoisotopic (exact) mass is 332 g/mol. The van der Waals surface area contributed by atoms with Crippen LogP contribution in [0, 0.1) is 0 Å². The van der Waals surface area contributed by atoms with Crippen molar-refractivity contribution >= 4 is 5.97 Å². The van der Waals surface area contributed by atoms with Gasteiger partial charge in [-0.25, -0.2) is 4.79 Å². The molecule has 0 bridgehead atoms. The van der Waals surface area contributed by atoms with E-state index in [9.17, 15) is 30.3 Å². The number of aliphatic hydroxyl groups excluding tert-OH is 4. The number of ether oxygens (including phenoxy) is 2. The Labute approximate surface area is 131 Å². The zero-order valence-corrected chi connectivity index (χ0v) is 12.3. The normalized spacial score (nSPS) is 44.0. The van der Waals surface area contributed by atoms with Crippen molar-refractivity contribution in [2.45, 2.75) is 42.2 Å². The van der Waals surface area contributed by atoms with Gasteiger partial charge in [-0.15, -0.1) is 0 Å². The Kier molecular flexibility index (Phi) is 5.21. The Balaban J connectivity index is 2.35. The van der Waals surface area contributed by atoms with Gasteiger partial charge in [0.25, 0.3) is 0 Å².